The lowest BCUT2D eigenvalue weighted by Crippen LogP contribution is -2.36. The summed E-state index contributed by atoms with van der Waals surface area (Å²) in [6, 6.07) is 0.987. The molecule has 13 heavy (non-hydrogen) atoms. The van der Waals surface area contributed by atoms with Gasteiger partial charge in [0.1, 0.15) is 0 Å². The molecule has 0 bridgehead atoms. The predicted molar refractivity (Wildman–Crippen MR) is 57.7 cm³/mol. The maximum Gasteiger partial charge on any atom is 0.00817 e. The van der Waals surface area contributed by atoms with Crippen LogP contribution in [0.4, 0.5) is 0 Å². The SMILES string of the molecule is CC(N)CC(C)N1CCC(C)(C)C1. The molecule has 2 atom stereocenters. The smallest absolute Gasteiger partial charge is 0.00817 e. The lowest BCUT2D eigenvalue weighted by Gasteiger charge is -2.27. The number of hydrogen-bond acceptors (Lipinski definition) is 2. The summed E-state index contributed by atoms with van der Waals surface area (Å²) in [5.41, 5.74) is 6.32. The first-order chi connectivity index (χ1) is 5.91. The van der Waals surface area contributed by atoms with Crippen molar-refractivity contribution < 1.29 is 0 Å². The first kappa shape index (κ1) is 11.0. The molecule has 2 heteroatoms. The molecule has 0 saturated carbocycles. The van der Waals surface area contributed by atoms with Crippen molar-refractivity contribution in [3.05, 3.63) is 0 Å². The number of rotatable bonds is 3. The lowest BCUT2D eigenvalue weighted by molar-refractivity contribution is 0.214. The van der Waals surface area contributed by atoms with Crippen LogP contribution in [-0.2, 0) is 0 Å². The van der Waals surface area contributed by atoms with Gasteiger partial charge in [-0.15, -0.1) is 0 Å². The van der Waals surface area contributed by atoms with E-state index in [1.807, 2.05) is 0 Å². The molecular formula is C11H24N2. The van der Waals surface area contributed by atoms with Gasteiger partial charge >= 0.3 is 0 Å². The van der Waals surface area contributed by atoms with Crippen molar-refractivity contribution in [3.8, 4) is 0 Å². The van der Waals surface area contributed by atoms with Crippen molar-refractivity contribution in [2.45, 2.75) is 52.6 Å². The molecule has 1 saturated heterocycles. The van der Waals surface area contributed by atoms with Gasteiger partial charge in [-0.1, -0.05) is 13.8 Å². The second-order valence-corrected chi connectivity index (χ2v) is 5.45. The van der Waals surface area contributed by atoms with E-state index in [1.54, 1.807) is 0 Å². The standard InChI is InChI=1S/C11H24N2/c1-9(12)7-10(2)13-6-5-11(3,4)8-13/h9-10H,5-8,12H2,1-4H3. The monoisotopic (exact) mass is 184 g/mol. The minimum absolute atomic E-state index is 0.332. The number of likely N-dealkylation sites (tertiary alicyclic amines) is 1. The molecule has 0 aromatic carbocycles. The topological polar surface area (TPSA) is 29.3 Å². The maximum absolute atomic E-state index is 5.80. The van der Waals surface area contributed by atoms with Gasteiger partial charge < -0.3 is 10.6 Å². The van der Waals surface area contributed by atoms with Crippen molar-refractivity contribution >= 4 is 0 Å². The Morgan fingerprint density at radius 1 is 1.38 bits per heavy atom. The third-order valence-corrected chi connectivity index (χ3v) is 3.04. The summed E-state index contributed by atoms with van der Waals surface area (Å²) in [5.74, 6) is 0. The van der Waals surface area contributed by atoms with E-state index in [0.29, 0.717) is 17.5 Å². The van der Waals surface area contributed by atoms with Gasteiger partial charge in [0.15, 0.2) is 0 Å². The molecule has 1 rings (SSSR count). The van der Waals surface area contributed by atoms with Crippen molar-refractivity contribution in [2.75, 3.05) is 13.1 Å². The first-order valence-corrected chi connectivity index (χ1v) is 5.40. The van der Waals surface area contributed by atoms with Gasteiger partial charge in [-0.25, -0.2) is 0 Å². The van der Waals surface area contributed by atoms with E-state index >= 15 is 0 Å². The van der Waals surface area contributed by atoms with Crippen LogP contribution in [0.3, 0.4) is 0 Å². The lowest BCUT2D eigenvalue weighted by atomic mass is 9.93. The van der Waals surface area contributed by atoms with Crippen molar-refractivity contribution in [2.24, 2.45) is 11.1 Å². The molecule has 0 aromatic heterocycles. The van der Waals surface area contributed by atoms with E-state index < -0.39 is 0 Å². The number of hydrogen-bond donors (Lipinski definition) is 1. The van der Waals surface area contributed by atoms with Crippen molar-refractivity contribution in [1.82, 2.24) is 4.90 Å². The quantitative estimate of drug-likeness (QED) is 0.725. The highest BCUT2D eigenvalue weighted by Gasteiger charge is 2.31. The van der Waals surface area contributed by atoms with Gasteiger partial charge in [0, 0.05) is 18.6 Å². The number of nitrogens with zero attached hydrogens (tertiary/aromatic N) is 1. The summed E-state index contributed by atoms with van der Waals surface area (Å²) in [7, 11) is 0. The Balaban J connectivity index is 2.37. The van der Waals surface area contributed by atoms with Crippen molar-refractivity contribution in [1.29, 1.82) is 0 Å². The summed E-state index contributed by atoms with van der Waals surface area (Å²) in [6.45, 7) is 11.6. The minimum Gasteiger partial charge on any atom is -0.328 e. The second-order valence-electron chi connectivity index (χ2n) is 5.45. The summed E-state index contributed by atoms with van der Waals surface area (Å²) in [6.07, 6.45) is 2.45. The molecule has 2 unspecified atom stereocenters. The Kier molecular flexibility index (Phi) is 3.36. The average molecular weight is 184 g/mol. The van der Waals surface area contributed by atoms with Crippen LogP contribution in [0.2, 0.25) is 0 Å². The molecule has 1 aliphatic rings. The molecule has 0 aliphatic carbocycles. The predicted octanol–water partition coefficient (Wildman–Crippen LogP) is 1.84. The van der Waals surface area contributed by atoms with Crippen LogP contribution >= 0.6 is 0 Å². The van der Waals surface area contributed by atoms with Crippen molar-refractivity contribution in [3.63, 3.8) is 0 Å². The maximum atomic E-state index is 5.80. The Hall–Kier alpha value is -0.0800. The van der Waals surface area contributed by atoms with Crippen LogP contribution in [0, 0.1) is 5.41 Å². The zero-order chi connectivity index (χ0) is 10.1. The van der Waals surface area contributed by atoms with Crippen LogP contribution in [0.15, 0.2) is 0 Å². The molecule has 1 fully saturated rings. The summed E-state index contributed by atoms with van der Waals surface area (Å²) in [4.78, 5) is 2.57. The molecule has 1 heterocycles. The molecule has 1 aliphatic heterocycles. The van der Waals surface area contributed by atoms with Crippen LogP contribution in [0.25, 0.3) is 0 Å². The fourth-order valence-corrected chi connectivity index (χ4v) is 2.22. The summed E-state index contributed by atoms with van der Waals surface area (Å²) < 4.78 is 0. The highest BCUT2D eigenvalue weighted by atomic mass is 15.2. The molecular weight excluding hydrogens is 160 g/mol. The zero-order valence-electron chi connectivity index (χ0n) is 9.51. The molecule has 0 radical (unpaired) electrons. The highest BCUT2D eigenvalue weighted by molar-refractivity contribution is 4.85. The van der Waals surface area contributed by atoms with Gasteiger partial charge in [0.05, 0.1) is 0 Å². The molecule has 2 N–H and O–H groups in total. The average Bonchev–Trinajstić information content (AvgIpc) is 2.28. The Morgan fingerprint density at radius 3 is 2.38 bits per heavy atom. The normalized spacial score (nSPS) is 27.5. The summed E-state index contributed by atoms with van der Waals surface area (Å²) in [5, 5.41) is 0. The van der Waals surface area contributed by atoms with Gasteiger partial charge in [-0.3, -0.25) is 0 Å². The second kappa shape index (κ2) is 3.97. The van der Waals surface area contributed by atoms with E-state index in [-0.39, 0.29) is 0 Å². The third kappa shape index (κ3) is 3.28. The highest BCUT2D eigenvalue weighted by Crippen LogP contribution is 2.30. The van der Waals surface area contributed by atoms with E-state index in [4.69, 9.17) is 5.73 Å². The van der Waals surface area contributed by atoms with Gasteiger partial charge in [-0.2, -0.15) is 0 Å². The molecule has 0 amide bonds. The van der Waals surface area contributed by atoms with Crippen LogP contribution in [-0.4, -0.2) is 30.1 Å². The third-order valence-electron chi connectivity index (χ3n) is 3.04. The zero-order valence-corrected chi connectivity index (χ0v) is 9.51. The molecule has 0 spiro atoms. The minimum atomic E-state index is 0.332. The van der Waals surface area contributed by atoms with E-state index in [9.17, 15) is 0 Å². The van der Waals surface area contributed by atoms with E-state index in [1.165, 1.54) is 19.5 Å². The van der Waals surface area contributed by atoms with E-state index in [2.05, 4.69) is 32.6 Å². The largest absolute Gasteiger partial charge is 0.328 e. The fraction of sp³-hybridized carbons (Fsp3) is 1.00. The van der Waals surface area contributed by atoms with Gasteiger partial charge in [0.25, 0.3) is 0 Å². The Bertz CT molecular complexity index is 163. The van der Waals surface area contributed by atoms with Crippen LogP contribution in [0.1, 0.15) is 40.5 Å². The Morgan fingerprint density at radius 2 is 2.00 bits per heavy atom. The fourth-order valence-electron chi connectivity index (χ4n) is 2.22. The molecule has 78 valence electrons. The Labute approximate surface area is 82.5 Å². The molecule has 0 aromatic rings. The van der Waals surface area contributed by atoms with Gasteiger partial charge in [0.2, 0.25) is 0 Å². The first-order valence-electron chi connectivity index (χ1n) is 5.40. The summed E-state index contributed by atoms with van der Waals surface area (Å²) >= 11 is 0. The number of nitrogens with two attached hydrogens (primary N) is 1. The van der Waals surface area contributed by atoms with Gasteiger partial charge in [-0.05, 0) is 38.6 Å². The molecule has 2 nitrogen and oxygen atoms in total. The van der Waals surface area contributed by atoms with Crippen LogP contribution in [0.5, 0.6) is 0 Å². The van der Waals surface area contributed by atoms with Crippen LogP contribution < -0.4 is 5.73 Å². The van der Waals surface area contributed by atoms with E-state index in [0.717, 1.165) is 6.42 Å².